The second-order valence-electron chi connectivity index (χ2n) is 12.8. The normalized spacial score (nSPS) is 14.8. The van der Waals surface area contributed by atoms with Gasteiger partial charge in [-0.15, -0.1) is 0 Å². The number of sulfonamides is 1. The molecule has 0 aliphatic carbocycles. The molecule has 0 saturated carbocycles. The lowest BCUT2D eigenvalue weighted by Gasteiger charge is -2.38. The van der Waals surface area contributed by atoms with Crippen LogP contribution in [0, 0.1) is 5.82 Å². The summed E-state index contributed by atoms with van der Waals surface area (Å²) in [5, 5.41) is 1.88. The van der Waals surface area contributed by atoms with E-state index in [0.717, 1.165) is 9.87 Å². The summed E-state index contributed by atoms with van der Waals surface area (Å²) in [6, 6.07) is 28.7. The van der Waals surface area contributed by atoms with E-state index in [-0.39, 0.29) is 33.9 Å². The van der Waals surface area contributed by atoms with Crippen molar-refractivity contribution in [1.82, 2.24) is 24.1 Å². The highest BCUT2D eigenvalue weighted by Gasteiger charge is 2.38. The summed E-state index contributed by atoms with van der Waals surface area (Å²) in [5.74, 6) is -0.648. The van der Waals surface area contributed by atoms with Crippen molar-refractivity contribution >= 4 is 47.6 Å². The Morgan fingerprint density at radius 1 is 0.736 bits per heavy atom. The molecule has 1 atom stereocenters. The van der Waals surface area contributed by atoms with E-state index in [1.807, 2.05) is 6.07 Å². The van der Waals surface area contributed by atoms with Gasteiger partial charge in [-0.3, -0.25) is 9.69 Å². The maximum Gasteiger partial charge on any atom is 0.357 e. The third-order valence-corrected chi connectivity index (χ3v) is 12.5. The Hall–Kier alpha value is -5.28. The minimum absolute atomic E-state index is 0.00691. The van der Waals surface area contributed by atoms with Crippen molar-refractivity contribution in [3.05, 3.63) is 139 Å². The molecule has 0 bridgehead atoms. The standard InChI is InChI=1S/C39H36FN5O6S2/c1-43(52(47,48)37-34-8-4-2-6-30(34)18-20-41-37)36(39(46)45-24-22-44(23-25-45)27-29-10-14-32(40)15-11-29)26-28-12-16-33(17-13-28)51-53(49,50)38-35-9-5-3-7-31(35)19-21-42-38/h2-21,36H,22-27H2,1H3/t36-/m0/s1. The summed E-state index contributed by atoms with van der Waals surface area (Å²) in [7, 11) is -7.20. The Morgan fingerprint density at radius 3 is 1.91 bits per heavy atom. The van der Waals surface area contributed by atoms with Gasteiger partial charge in [-0.05, 0) is 64.7 Å². The fourth-order valence-electron chi connectivity index (χ4n) is 6.52. The number of pyridine rings is 2. The first kappa shape index (κ1) is 36.1. The summed E-state index contributed by atoms with van der Waals surface area (Å²) < 4.78 is 75.0. The zero-order valence-corrected chi connectivity index (χ0v) is 30.4. The number of benzene rings is 4. The highest BCUT2D eigenvalue weighted by Crippen LogP contribution is 2.28. The molecule has 6 aromatic rings. The number of hydrogen-bond acceptors (Lipinski definition) is 9. The van der Waals surface area contributed by atoms with Crippen LogP contribution in [0.2, 0.25) is 0 Å². The third kappa shape index (κ3) is 7.76. The second kappa shape index (κ2) is 15.0. The largest absolute Gasteiger partial charge is 0.378 e. The fourth-order valence-corrected chi connectivity index (χ4v) is 9.04. The molecule has 1 amide bonds. The van der Waals surface area contributed by atoms with Gasteiger partial charge in [0.1, 0.15) is 17.6 Å². The number of halogens is 1. The molecule has 53 heavy (non-hydrogen) atoms. The van der Waals surface area contributed by atoms with Gasteiger partial charge in [0.15, 0.2) is 5.03 Å². The average molecular weight is 754 g/mol. The fraction of sp³-hybridized carbons (Fsp3) is 0.205. The number of rotatable bonds is 11. The van der Waals surface area contributed by atoms with Crippen LogP contribution in [-0.2, 0) is 37.9 Å². The molecule has 0 spiro atoms. The van der Waals surface area contributed by atoms with Crippen molar-refractivity contribution in [3.63, 3.8) is 0 Å². The molecule has 14 heteroatoms. The van der Waals surface area contributed by atoms with Crippen LogP contribution >= 0.6 is 0 Å². The number of carbonyl (C=O) groups excluding carboxylic acids is 1. The molecule has 1 saturated heterocycles. The van der Waals surface area contributed by atoms with Crippen LogP contribution in [0.4, 0.5) is 4.39 Å². The van der Waals surface area contributed by atoms with Crippen molar-refractivity contribution < 1.29 is 30.2 Å². The van der Waals surface area contributed by atoms with Crippen molar-refractivity contribution in [2.45, 2.75) is 29.1 Å². The van der Waals surface area contributed by atoms with Gasteiger partial charge in [-0.25, -0.2) is 22.8 Å². The molecule has 1 aliphatic rings. The average Bonchev–Trinajstić information content (AvgIpc) is 3.17. The summed E-state index contributed by atoms with van der Waals surface area (Å²) in [5.41, 5.74) is 1.53. The molecular formula is C39H36FN5O6S2. The van der Waals surface area contributed by atoms with Crippen molar-refractivity contribution in [1.29, 1.82) is 0 Å². The number of amides is 1. The van der Waals surface area contributed by atoms with Gasteiger partial charge in [-0.2, -0.15) is 12.7 Å². The molecule has 0 unspecified atom stereocenters. The number of hydrogen-bond donors (Lipinski definition) is 0. The van der Waals surface area contributed by atoms with E-state index in [9.17, 15) is 26.0 Å². The van der Waals surface area contributed by atoms with Crippen LogP contribution in [0.1, 0.15) is 11.1 Å². The molecule has 11 nitrogen and oxygen atoms in total. The van der Waals surface area contributed by atoms with Crippen LogP contribution in [-0.4, -0.2) is 86.1 Å². The Balaban J connectivity index is 1.13. The van der Waals surface area contributed by atoms with Crippen LogP contribution in [0.15, 0.2) is 132 Å². The third-order valence-electron chi connectivity index (χ3n) is 9.42. The summed E-state index contributed by atoms with van der Waals surface area (Å²) in [4.78, 5) is 26.5. The van der Waals surface area contributed by atoms with Crippen LogP contribution in [0.3, 0.4) is 0 Å². The van der Waals surface area contributed by atoms with Crippen LogP contribution in [0.25, 0.3) is 21.5 Å². The van der Waals surface area contributed by atoms with Crippen LogP contribution < -0.4 is 4.18 Å². The summed E-state index contributed by atoms with van der Waals surface area (Å²) in [6.07, 6.45) is 2.83. The number of likely N-dealkylation sites (N-methyl/N-ethyl adjacent to an activating group) is 1. The first-order valence-corrected chi connectivity index (χ1v) is 19.8. The Morgan fingerprint density at radius 2 is 1.28 bits per heavy atom. The highest BCUT2D eigenvalue weighted by atomic mass is 32.2. The maximum atomic E-state index is 14.3. The van der Waals surface area contributed by atoms with Gasteiger partial charge < -0.3 is 9.08 Å². The SMILES string of the molecule is CN([C@@H](Cc1ccc(OS(=O)(=O)c2nccc3ccccc23)cc1)C(=O)N1CCN(Cc2ccc(F)cc2)CC1)S(=O)(=O)c1nccc2ccccc12. The lowest BCUT2D eigenvalue weighted by molar-refractivity contribution is -0.136. The Kier molecular flexibility index (Phi) is 10.2. The van der Waals surface area contributed by atoms with Crippen molar-refractivity contribution in [3.8, 4) is 5.75 Å². The predicted molar refractivity (Wildman–Crippen MR) is 198 cm³/mol. The molecule has 0 radical (unpaired) electrons. The number of nitrogens with zero attached hydrogens (tertiary/aromatic N) is 5. The molecule has 0 N–H and O–H groups in total. The Labute approximate surface area is 307 Å². The number of aromatic nitrogens is 2. The Bertz CT molecular complexity index is 2480. The van der Waals surface area contributed by atoms with Gasteiger partial charge in [0.25, 0.3) is 10.0 Å². The zero-order chi connectivity index (χ0) is 37.2. The highest BCUT2D eigenvalue weighted by molar-refractivity contribution is 7.89. The van der Waals surface area contributed by atoms with Gasteiger partial charge in [0.05, 0.1) is 0 Å². The van der Waals surface area contributed by atoms with E-state index < -0.39 is 26.2 Å². The molecule has 7 rings (SSSR count). The number of fused-ring (bicyclic) bond motifs is 2. The smallest absolute Gasteiger partial charge is 0.357 e. The number of carbonyl (C=O) groups is 1. The van der Waals surface area contributed by atoms with E-state index in [2.05, 4.69) is 14.9 Å². The summed E-state index contributed by atoms with van der Waals surface area (Å²) >= 11 is 0. The second-order valence-corrected chi connectivity index (χ2v) is 16.2. The minimum Gasteiger partial charge on any atom is -0.378 e. The van der Waals surface area contributed by atoms with Gasteiger partial charge in [-0.1, -0.05) is 72.8 Å². The van der Waals surface area contributed by atoms with E-state index in [1.165, 1.54) is 43.7 Å². The maximum absolute atomic E-state index is 14.3. The quantitative estimate of drug-likeness (QED) is 0.163. The summed E-state index contributed by atoms with van der Waals surface area (Å²) in [6.45, 7) is 2.41. The van der Waals surface area contributed by atoms with E-state index in [0.29, 0.717) is 59.8 Å². The van der Waals surface area contributed by atoms with E-state index >= 15 is 0 Å². The molecule has 1 aliphatic heterocycles. The zero-order valence-electron chi connectivity index (χ0n) is 28.7. The lowest BCUT2D eigenvalue weighted by atomic mass is 10.0. The topological polar surface area (TPSA) is 130 Å². The van der Waals surface area contributed by atoms with Gasteiger partial charge in [0.2, 0.25) is 10.9 Å². The first-order valence-electron chi connectivity index (χ1n) is 16.9. The predicted octanol–water partition coefficient (Wildman–Crippen LogP) is 5.27. The molecule has 3 heterocycles. The van der Waals surface area contributed by atoms with Crippen molar-refractivity contribution in [2.75, 3.05) is 33.2 Å². The molecule has 2 aromatic heterocycles. The van der Waals surface area contributed by atoms with Crippen molar-refractivity contribution in [2.24, 2.45) is 0 Å². The minimum atomic E-state index is -4.30. The number of piperazine rings is 1. The lowest BCUT2D eigenvalue weighted by Crippen LogP contribution is -2.55. The van der Waals surface area contributed by atoms with Crippen LogP contribution in [0.5, 0.6) is 5.75 Å². The van der Waals surface area contributed by atoms with Gasteiger partial charge >= 0.3 is 10.1 Å². The van der Waals surface area contributed by atoms with E-state index in [4.69, 9.17) is 4.18 Å². The monoisotopic (exact) mass is 753 g/mol. The molecule has 4 aromatic carbocycles. The molecule has 1 fully saturated rings. The first-order chi connectivity index (χ1) is 25.5. The molecular weight excluding hydrogens is 718 g/mol. The van der Waals surface area contributed by atoms with Gasteiger partial charge in [0, 0.05) is 62.9 Å². The van der Waals surface area contributed by atoms with E-state index in [1.54, 1.807) is 83.8 Å². The molecule has 272 valence electrons.